The average Bonchev–Trinajstić information content (AvgIpc) is 2.94. The van der Waals surface area contributed by atoms with Gasteiger partial charge in [-0.15, -0.1) is 0 Å². The fraction of sp³-hybridized carbons (Fsp3) is 0.176. The van der Waals surface area contributed by atoms with E-state index in [2.05, 4.69) is 5.10 Å². The standard InChI is InChI=1S/C17H11ClF4N2O2/c18-13-4-2-1-3-12(13)15(25)24-16(26,17(20,21)22)9-14(23-24)10-5-7-11(19)8-6-10/h1-8,26H,9H2/t16-/m1/s1. The molecule has 3 rings (SSSR count). The van der Waals surface area contributed by atoms with E-state index in [9.17, 15) is 27.5 Å². The van der Waals surface area contributed by atoms with E-state index < -0.39 is 30.0 Å². The fourth-order valence-corrected chi connectivity index (χ4v) is 2.75. The first-order chi connectivity index (χ1) is 12.1. The summed E-state index contributed by atoms with van der Waals surface area (Å²) >= 11 is 5.88. The number of rotatable bonds is 2. The van der Waals surface area contributed by atoms with Gasteiger partial charge in [0.15, 0.2) is 0 Å². The number of halogens is 5. The van der Waals surface area contributed by atoms with Crippen LogP contribution in [0.15, 0.2) is 53.6 Å². The third kappa shape index (κ3) is 3.06. The van der Waals surface area contributed by atoms with Gasteiger partial charge in [0.1, 0.15) is 5.82 Å². The van der Waals surface area contributed by atoms with Crippen molar-refractivity contribution in [2.45, 2.75) is 18.3 Å². The van der Waals surface area contributed by atoms with Gasteiger partial charge >= 0.3 is 6.18 Å². The molecule has 0 fully saturated rings. The third-order valence-corrected chi connectivity index (χ3v) is 4.24. The van der Waals surface area contributed by atoms with E-state index in [-0.39, 0.29) is 26.9 Å². The Kier molecular flexibility index (Phi) is 4.49. The third-order valence-electron chi connectivity index (χ3n) is 3.91. The summed E-state index contributed by atoms with van der Waals surface area (Å²) in [6, 6.07) is 10.0. The van der Waals surface area contributed by atoms with Gasteiger partial charge < -0.3 is 5.11 Å². The Morgan fingerprint density at radius 2 is 1.77 bits per heavy atom. The predicted octanol–water partition coefficient (Wildman–Crippen LogP) is 3.98. The van der Waals surface area contributed by atoms with Crippen LogP contribution in [0.4, 0.5) is 17.6 Å². The number of hydrogen-bond donors (Lipinski definition) is 1. The summed E-state index contributed by atoms with van der Waals surface area (Å²) in [7, 11) is 0. The maximum absolute atomic E-state index is 13.5. The molecular formula is C17H11ClF4N2O2. The van der Waals surface area contributed by atoms with Crippen LogP contribution in [0, 0.1) is 5.82 Å². The largest absolute Gasteiger partial charge is 0.438 e. The van der Waals surface area contributed by atoms with E-state index >= 15 is 0 Å². The highest BCUT2D eigenvalue weighted by Gasteiger charge is 2.63. The number of benzene rings is 2. The lowest BCUT2D eigenvalue weighted by atomic mass is 10.0. The zero-order valence-corrected chi connectivity index (χ0v) is 13.7. The first kappa shape index (κ1) is 18.3. The van der Waals surface area contributed by atoms with E-state index in [1.54, 1.807) is 0 Å². The average molecular weight is 387 g/mol. The maximum atomic E-state index is 13.5. The van der Waals surface area contributed by atoms with Crippen LogP contribution in [0.2, 0.25) is 5.02 Å². The van der Waals surface area contributed by atoms with Gasteiger partial charge in [-0.05, 0) is 29.8 Å². The van der Waals surface area contributed by atoms with Gasteiger partial charge in [0, 0.05) is 0 Å². The van der Waals surface area contributed by atoms with Gasteiger partial charge in [-0.25, -0.2) is 4.39 Å². The molecule has 0 radical (unpaired) electrons. The van der Waals surface area contributed by atoms with Crippen LogP contribution in [0.3, 0.4) is 0 Å². The number of alkyl halides is 3. The zero-order valence-electron chi connectivity index (χ0n) is 13.0. The first-order valence-corrected chi connectivity index (χ1v) is 7.73. The molecule has 0 bridgehead atoms. The van der Waals surface area contributed by atoms with E-state index in [1.807, 2.05) is 0 Å². The Bertz CT molecular complexity index is 883. The van der Waals surface area contributed by atoms with Gasteiger partial charge in [0.05, 0.1) is 22.7 Å². The van der Waals surface area contributed by atoms with Crippen molar-refractivity contribution in [2.75, 3.05) is 0 Å². The molecule has 0 saturated carbocycles. The molecule has 0 spiro atoms. The quantitative estimate of drug-likeness (QED) is 0.794. The predicted molar refractivity (Wildman–Crippen MR) is 86.2 cm³/mol. The second-order valence-corrected chi connectivity index (χ2v) is 6.05. The van der Waals surface area contributed by atoms with Gasteiger partial charge in [-0.3, -0.25) is 4.79 Å². The highest BCUT2D eigenvalue weighted by atomic mass is 35.5. The van der Waals surface area contributed by atoms with E-state index in [1.165, 1.54) is 36.4 Å². The van der Waals surface area contributed by atoms with Crippen molar-refractivity contribution >= 4 is 23.2 Å². The maximum Gasteiger partial charge on any atom is 0.438 e. The number of hydrazone groups is 1. The Hall–Kier alpha value is -2.45. The molecule has 0 saturated heterocycles. The first-order valence-electron chi connectivity index (χ1n) is 7.35. The minimum Gasteiger partial charge on any atom is -0.362 e. The summed E-state index contributed by atoms with van der Waals surface area (Å²) in [6.07, 6.45) is -6.16. The number of aliphatic hydroxyl groups is 1. The van der Waals surface area contributed by atoms with Crippen molar-refractivity contribution < 1.29 is 27.5 Å². The normalized spacial score (nSPS) is 20.2. The molecule has 0 aromatic heterocycles. The van der Waals surface area contributed by atoms with Gasteiger partial charge in [-0.1, -0.05) is 35.9 Å². The van der Waals surface area contributed by atoms with E-state index in [4.69, 9.17) is 11.6 Å². The SMILES string of the molecule is O=C(c1ccccc1Cl)N1N=C(c2ccc(F)cc2)C[C@@]1(O)C(F)(F)F. The molecule has 0 aliphatic carbocycles. The molecule has 1 atom stereocenters. The number of hydrogen-bond acceptors (Lipinski definition) is 3. The van der Waals surface area contributed by atoms with Crippen LogP contribution >= 0.6 is 11.6 Å². The Morgan fingerprint density at radius 3 is 2.35 bits per heavy atom. The Balaban J connectivity index is 2.07. The number of nitrogens with zero attached hydrogens (tertiary/aromatic N) is 2. The minimum atomic E-state index is -5.17. The number of carbonyl (C=O) groups excluding carboxylic acids is 1. The zero-order chi connectivity index (χ0) is 19.1. The van der Waals surface area contributed by atoms with E-state index in [0.29, 0.717) is 0 Å². The molecular weight excluding hydrogens is 376 g/mol. The fourth-order valence-electron chi connectivity index (χ4n) is 2.53. The molecule has 1 heterocycles. The summed E-state index contributed by atoms with van der Waals surface area (Å²) in [5, 5.41) is 13.8. The lowest BCUT2D eigenvalue weighted by molar-refractivity contribution is -0.297. The molecule has 1 amide bonds. The van der Waals surface area contributed by atoms with Crippen LogP contribution in [0.25, 0.3) is 0 Å². The van der Waals surface area contributed by atoms with Crippen LogP contribution in [-0.2, 0) is 0 Å². The minimum absolute atomic E-state index is 0.0209. The number of amides is 1. The molecule has 136 valence electrons. The van der Waals surface area contributed by atoms with Crippen LogP contribution < -0.4 is 0 Å². The highest BCUT2D eigenvalue weighted by Crippen LogP contribution is 2.42. The van der Waals surface area contributed by atoms with E-state index in [0.717, 1.165) is 12.1 Å². The molecule has 9 heteroatoms. The second-order valence-electron chi connectivity index (χ2n) is 5.64. The molecule has 26 heavy (non-hydrogen) atoms. The Labute approximate surface area is 150 Å². The molecule has 2 aromatic carbocycles. The molecule has 4 nitrogen and oxygen atoms in total. The van der Waals surface area contributed by atoms with Gasteiger partial charge in [-0.2, -0.15) is 23.3 Å². The Morgan fingerprint density at radius 1 is 1.15 bits per heavy atom. The second kappa shape index (κ2) is 6.37. The molecule has 1 aliphatic heterocycles. The van der Waals surface area contributed by atoms with Crippen molar-refractivity contribution in [3.05, 3.63) is 70.5 Å². The van der Waals surface area contributed by atoms with Crippen molar-refractivity contribution in [3.8, 4) is 0 Å². The van der Waals surface area contributed by atoms with Gasteiger partial charge in [0.25, 0.3) is 11.6 Å². The number of carbonyl (C=O) groups is 1. The molecule has 0 unspecified atom stereocenters. The topological polar surface area (TPSA) is 52.9 Å². The summed E-state index contributed by atoms with van der Waals surface area (Å²) in [4.78, 5) is 12.6. The lowest BCUT2D eigenvalue weighted by Gasteiger charge is -2.32. The molecule has 1 N–H and O–H groups in total. The smallest absolute Gasteiger partial charge is 0.362 e. The summed E-state index contributed by atoms with van der Waals surface area (Å²) in [5.74, 6) is -1.78. The van der Waals surface area contributed by atoms with Crippen LogP contribution in [-0.4, -0.2) is 33.6 Å². The molecule has 2 aromatic rings. The monoisotopic (exact) mass is 386 g/mol. The van der Waals surface area contributed by atoms with Gasteiger partial charge in [0.2, 0.25) is 0 Å². The summed E-state index contributed by atoms with van der Waals surface area (Å²) in [6.45, 7) is 0. The highest BCUT2D eigenvalue weighted by molar-refractivity contribution is 6.33. The molecule has 1 aliphatic rings. The summed E-state index contributed by atoms with van der Waals surface area (Å²) < 4.78 is 53.6. The van der Waals surface area contributed by atoms with Crippen molar-refractivity contribution in [1.82, 2.24) is 5.01 Å². The van der Waals surface area contributed by atoms with Crippen LogP contribution in [0.1, 0.15) is 22.3 Å². The lowest BCUT2D eigenvalue weighted by Crippen LogP contribution is -2.56. The van der Waals surface area contributed by atoms with Crippen molar-refractivity contribution in [3.63, 3.8) is 0 Å². The summed E-state index contributed by atoms with van der Waals surface area (Å²) in [5.41, 5.74) is -3.82. The van der Waals surface area contributed by atoms with Crippen molar-refractivity contribution in [1.29, 1.82) is 0 Å². The van der Waals surface area contributed by atoms with Crippen molar-refractivity contribution in [2.24, 2.45) is 5.10 Å². The van der Waals surface area contributed by atoms with Crippen LogP contribution in [0.5, 0.6) is 0 Å².